The number of hydrogen-bond donors (Lipinski definition) is 0. The van der Waals surface area contributed by atoms with Crippen molar-refractivity contribution < 1.29 is 19.1 Å². The molecule has 2 aliphatic rings. The maximum atomic E-state index is 11.6. The van der Waals surface area contributed by atoms with E-state index >= 15 is 0 Å². The third kappa shape index (κ3) is 8.96. The van der Waals surface area contributed by atoms with E-state index in [-0.39, 0.29) is 16.7 Å². The molecular weight excluding hydrogens is 464 g/mol. The van der Waals surface area contributed by atoms with Crippen molar-refractivity contribution in [3.63, 3.8) is 0 Å². The molecule has 194 valence electrons. The van der Waals surface area contributed by atoms with Crippen molar-refractivity contribution in [2.24, 2.45) is 23.7 Å². The molecule has 0 aliphatic heterocycles. The van der Waals surface area contributed by atoms with Crippen molar-refractivity contribution >= 4 is 35.5 Å². The van der Waals surface area contributed by atoms with E-state index in [1.54, 1.807) is 5.57 Å². The van der Waals surface area contributed by atoms with Gasteiger partial charge in [0.25, 0.3) is 0 Å². The molecular formula is C28H46O4S2. The Kier molecular flexibility index (Phi) is 12.1. The fourth-order valence-corrected chi connectivity index (χ4v) is 8.02. The third-order valence-corrected chi connectivity index (χ3v) is 10.6. The van der Waals surface area contributed by atoms with Gasteiger partial charge >= 0.3 is 11.9 Å². The summed E-state index contributed by atoms with van der Waals surface area (Å²) in [6, 6.07) is 0. The van der Waals surface area contributed by atoms with Crippen LogP contribution in [0.2, 0.25) is 0 Å². The molecule has 6 heteroatoms. The van der Waals surface area contributed by atoms with Gasteiger partial charge < -0.3 is 9.47 Å². The van der Waals surface area contributed by atoms with Gasteiger partial charge in [-0.3, -0.25) is 9.59 Å². The molecule has 2 rings (SSSR count). The quantitative estimate of drug-likeness (QED) is 0.206. The zero-order valence-electron chi connectivity index (χ0n) is 22.4. The van der Waals surface area contributed by atoms with Gasteiger partial charge in [0.2, 0.25) is 0 Å². The molecule has 0 heterocycles. The van der Waals surface area contributed by atoms with E-state index in [9.17, 15) is 9.59 Å². The Morgan fingerprint density at radius 1 is 1.12 bits per heavy atom. The van der Waals surface area contributed by atoms with Crippen molar-refractivity contribution in [2.75, 3.05) is 25.7 Å². The lowest BCUT2D eigenvalue weighted by Crippen LogP contribution is -2.32. The number of carbonyl (C=O) groups is 2. The van der Waals surface area contributed by atoms with Crippen LogP contribution in [0.1, 0.15) is 79.6 Å². The molecule has 4 nitrogen and oxygen atoms in total. The molecule has 4 unspecified atom stereocenters. The average Bonchev–Trinajstić information content (AvgIpc) is 2.79. The molecule has 0 aromatic rings. The van der Waals surface area contributed by atoms with Crippen LogP contribution in [-0.2, 0) is 19.1 Å². The van der Waals surface area contributed by atoms with Crippen LogP contribution in [-0.4, -0.2) is 47.7 Å². The minimum absolute atomic E-state index is 0.116. The lowest BCUT2D eigenvalue weighted by molar-refractivity contribution is -0.141. The van der Waals surface area contributed by atoms with Gasteiger partial charge in [-0.1, -0.05) is 51.0 Å². The summed E-state index contributed by atoms with van der Waals surface area (Å²) in [7, 11) is 2.93. The van der Waals surface area contributed by atoms with Crippen molar-refractivity contribution in [2.45, 2.75) is 89.6 Å². The Morgan fingerprint density at radius 3 is 2.38 bits per heavy atom. The molecule has 2 aliphatic carbocycles. The Labute approximate surface area is 216 Å². The fraction of sp³-hybridized carbons (Fsp3) is 0.786. The molecule has 0 aromatic heterocycles. The highest BCUT2D eigenvalue weighted by molar-refractivity contribution is 8.00. The van der Waals surface area contributed by atoms with E-state index < -0.39 is 0 Å². The zero-order chi connectivity index (χ0) is 25.3. The second-order valence-corrected chi connectivity index (χ2v) is 13.8. The minimum atomic E-state index is -0.122. The summed E-state index contributed by atoms with van der Waals surface area (Å²) in [6.45, 7) is 11.6. The van der Waals surface area contributed by atoms with E-state index in [4.69, 9.17) is 9.47 Å². The highest BCUT2D eigenvalue weighted by atomic mass is 32.2. The lowest BCUT2D eigenvalue weighted by atomic mass is 9.72. The smallest absolute Gasteiger partial charge is 0.306 e. The normalized spacial score (nSPS) is 25.5. The molecule has 0 fully saturated rings. The molecule has 0 bridgehead atoms. The Hall–Kier alpha value is -0.880. The summed E-state index contributed by atoms with van der Waals surface area (Å²) in [4.78, 5) is 23.1. The largest absolute Gasteiger partial charge is 0.469 e. The van der Waals surface area contributed by atoms with Gasteiger partial charge in [0.15, 0.2) is 0 Å². The molecule has 0 amide bonds. The molecule has 34 heavy (non-hydrogen) atoms. The first-order valence-electron chi connectivity index (χ1n) is 12.8. The monoisotopic (exact) mass is 510 g/mol. The summed E-state index contributed by atoms with van der Waals surface area (Å²) < 4.78 is 9.77. The van der Waals surface area contributed by atoms with E-state index in [0.717, 1.165) is 24.3 Å². The molecule has 0 radical (unpaired) electrons. The Balaban J connectivity index is 2.01. The second-order valence-electron chi connectivity index (χ2n) is 10.7. The molecule has 0 aromatic carbocycles. The van der Waals surface area contributed by atoms with Crippen LogP contribution in [0.25, 0.3) is 0 Å². The minimum Gasteiger partial charge on any atom is -0.469 e. The van der Waals surface area contributed by atoms with Gasteiger partial charge in [-0.15, -0.1) is 0 Å². The number of hydrogen-bond acceptors (Lipinski definition) is 6. The van der Waals surface area contributed by atoms with E-state index in [1.807, 2.05) is 23.5 Å². The van der Waals surface area contributed by atoms with E-state index in [2.05, 4.69) is 46.8 Å². The molecule has 4 atom stereocenters. The fourth-order valence-electron chi connectivity index (χ4n) is 5.26. The number of methoxy groups -OCH3 is 2. The summed E-state index contributed by atoms with van der Waals surface area (Å²) in [6.07, 6.45) is 11.9. The van der Waals surface area contributed by atoms with Crippen LogP contribution in [0, 0.1) is 23.7 Å². The number of thioether (sulfide) groups is 2. The molecule has 0 saturated carbocycles. The van der Waals surface area contributed by atoms with Crippen molar-refractivity contribution in [1.29, 1.82) is 0 Å². The second kappa shape index (κ2) is 14.0. The molecule has 0 spiro atoms. The Morgan fingerprint density at radius 2 is 1.76 bits per heavy atom. The van der Waals surface area contributed by atoms with Gasteiger partial charge in [-0.25, -0.2) is 0 Å². The average molecular weight is 511 g/mol. The topological polar surface area (TPSA) is 52.6 Å². The first-order chi connectivity index (χ1) is 16.1. The van der Waals surface area contributed by atoms with E-state index in [0.29, 0.717) is 41.8 Å². The molecule has 0 saturated heterocycles. The number of ether oxygens (including phenoxy) is 2. The van der Waals surface area contributed by atoms with Crippen LogP contribution in [0.5, 0.6) is 0 Å². The highest BCUT2D eigenvalue weighted by Crippen LogP contribution is 2.46. The molecule has 0 N–H and O–H groups in total. The van der Waals surface area contributed by atoms with Crippen LogP contribution in [0.15, 0.2) is 23.3 Å². The maximum absolute atomic E-state index is 11.6. The highest BCUT2D eigenvalue weighted by Gasteiger charge is 2.35. The maximum Gasteiger partial charge on any atom is 0.306 e. The van der Waals surface area contributed by atoms with E-state index in [1.165, 1.54) is 39.1 Å². The third-order valence-electron chi connectivity index (χ3n) is 7.76. The van der Waals surface area contributed by atoms with Crippen molar-refractivity contribution in [1.82, 2.24) is 0 Å². The van der Waals surface area contributed by atoms with Gasteiger partial charge in [0, 0.05) is 21.5 Å². The van der Waals surface area contributed by atoms with Crippen LogP contribution >= 0.6 is 23.5 Å². The lowest BCUT2D eigenvalue weighted by Gasteiger charge is -2.40. The van der Waals surface area contributed by atoms with Crippen LogP contribution in [0.3, 0.4) is 0 Å². The predicted octanol–water partition coefficient (Wildman–Crippen LogP) is 7.08. The zero-order valence-corrected chi connectivity index (χ0v) is 24.0. The number of allylic oxidation sites excluding steroid dienone is 3. The number of rotatable bonds is 12. The van der Waals surface area contributed by atoms with Gasteiger partial charge in [-0.05, 0) is 62.7 Å². The predicted molar refractivity (Wildman–Crippen MR) is 146 cm³/mol. The summed E-state index contributed by atoms with van der Waals surface area (Å²) in [5.41, 5.74) is 3.13. The standard InChI is InChI=1S/C28H46O4S2/c1-19(2)24-11-9-21(17-25(24)33-14-12-26(29)31-6)16-22-18-23(10-8-20(22)3)28(4,5)34-15-13-27(30)32-7/h8,17,19,22-25H,9-16,18H2,1-7H3. The van der Waals surface area contributed by atoms with Crippen molar-refractivity contribution in [3.05, 3.63) is 23.3 Å². The van der Waals surface area contributed by atoms with Gasteiger partial charge in [0.05, 0.1) is 27.1 Å². The number of esters is 2. The summed E-state index contributed by atoms with van der Waals surface area (Å²) in [5.74, 6) is 3.94. The van der Waals surface area contributed by atoms with Gasteiger partial charge in [-0.2, -0.15) is 23.5 Å². The Bertz CT molecular complexity index is 741. The van der Waals surface area contributed by atoms with Gasteiger partial charge in [0.1, 0.15) is 0 Å². The summed E-state index contributed by atoms with van der Waals surface area (Å²) in [5, 5.41) is 0.488. The first-order valence-corrected chi connectivity index (χ1v) is 14.9. The van der Waals surface area contributed by atoms with Crippen LogP contribution < -0.4 is 0 Å². The van der Waals surface area contributed by atoms with Crippen LogP contribution in [0.4, 0.5) is 0 Å². The van der Waals surface area contributed by atoms with Crippen molar-refractivity contribution in [3.8, 4) is 0 Å². The summed E-state index contributed by atoms with van der Waals surface area (Å²) >= 11 is 3.84. The number of carbonyl (C=O) groups excluding carboxylic acids is 2. The SMILES string of the molecule is COC(=O)CCSC1C=C(CC2CC(C(C)(C)SCCC(=O)OC)CC=C2C)CCC1C(C)C. The first kappa shape index (κ1) is 29.4.